The summed E-state index contributed by atoms with van der Waals surface area (Å²) in [4.78, 5) is 11.6. The number of carbonyl (C=O) groups is 1. The number of alkyl halides is 4. The molecule has 0 aliphatic heterocycles. The molecule has 0 fully saturated rings. The summed E-state index contributed by atoms with van der Waals surface area (Å²) in [6.45, 7) is 0.315. The van der Waals surface area contributed by atoms with Crippen LogP contribution in [0.2, 0.25) is 0 Å². The van der Waals surface area contributed by atoms with Crippen LogP contribution in [0, 0.1) is 0 Å². The van der Waals surface area contributed by atoms with Gasteiger partial charge in [-0.05, 0) is 30.7 Å². The van der Waals surface area contributed by atoms with Gasteiger partial charge < -0.3 is 9.47 Å². The molecule has 0 saturated heterocycles. The standard InChI is InChI=1S/C14H16F4O3/c1-2-7-21-11-5-3-10(4-6-11)12(19)8-20-9-14(17,18)13(15)16/h3-6,13H,2,7-9H2,1H3. The fraction of sp³-hybridized carbons (Fsp3) is 0.500. The maximum atomic E-state index is 12.6. The van der Waals surface area contributed by atoms with Crippen molar-refractivity contribution >= 4 is 5.78 Å². The number of rotatable bonds is 9. The van der Waals surface area contributed by atoms with Crippen molar-refractivity contribution in [3.8, 4) is 5.75 Å². The van der Waals surface area contributed by atoms with Gasteiger partial charge in [0.25, 0.3) is 0 Å². The molecule has 0 atom stereocenters. The van der Waals surface area contributed by atoms with E-state index in [4.69, 9.17) is 4.74 Å². The molecule has 0 aliphatic carbocycles. The highest BCUT2D eigenvalue weighted by Crippen LogP contribution is 2.23. The second kappa shape index (κ2) is 7.97. The van der Waals surface area contributed by atoms with Gasteiger partial charge in [0.05, 0.1) is 6.61 Å². The lowest BCUT2D eigenvalue weighted by Crippen LogP contribution is -2.33. The van der Waals surface area contributed by atoms with Crippen LogP contribution in [-0.4, -0.2) is 38.0 Å². The average Bonchev–Trinajstić information content (AvgIpc) is 2.45. The lowest BCUT2D eigenvalue weighted by atomic mass is 10.1. The topological polar surface area (TPSA) is 35.5 Å². The Kier molecular flexibility index (Phi) is 6.61. The van der Waals surface area contributed by atoms with E-state index < -0.39 is 31.3 Å². The molecule has 1 aromatic carbocycles. The van der Waals surface area contributed by atoms with Crippen molar-refractivity contribution in [2.45, 2.75) is 25.7 Å². The highest BCUT2D eigenvalue weighted by molar-refractivity contribution is 5.97. The first-order valence-electron chi connectivity index (χ1n) is 6.36. The van der Waals surface area contributed by atoms with Gasteiger partial charge in [0, 0.05) is 5.56 Å². The summed E-state index contributed by atoms with van der Waals surface area (Å²) in [5.41, 5.74) is 0.235. The molecule has 1 rings (SSSR count). The van der Waals surface area contributed by atoms with Gasteiger partial charge in [0.2, 0.25) is 0 Å². The van der Waals surface area contributed by atoms with E-state index >= 15 is 0 Å². The monoisotopic (exact) mass is 308 g/mol. The van der Waals surface area contributed by atoms with Crippen LogP contribution in [0.25, 0.3) is 0 Å². The predicted molar refractivity (Wildman–Crippen MR) is 68.3 cm³/mol. The molecule has 7 heteroatoms. The summed E-state index contributed by atoms with van der Waals surface area (Å²) in [6, 6.07) is 6.05. The van der Waals surface area contributed by atoms with E-state index in [1.54, 1.807) is 12.1 Å². The Balaban J connectivity index is 2.45. The van der Waals surface area contributed by atoms with E-state index in [0.29, 0.717) is 12.4 Å². The van der Waals surface area contributed by atoms with Gasteiger partial charge in [-0.1, -0.05) is 6.92 Å². The minimum absolute atomic E-state index is 0.235. The molecule has 21 heavy (non-hydrogen) atoms. The minimum atomic E-state index is -4.25. The van der Waals surface area contributed by atoms with Crippen molar-refractivity contribution in [3.05, 3.63) is 29.8 Å². The third-order valence-electron chi connectivity index (χ3n) is 2.50. The zero-order valence-corrected chi connectivity index (χ0v) is 11.5. The Morgan fingerprint density at radius 1 is 1.24 bits per heavy atom. The highest BCUT2D eigenvalue weighted by atomic mass is 19.3. The van der Waals surface area contributed by atoms with Crippen molar-refractivity contribution in [2.24, 2.45) is 0 Å². The third-order valence-corrected chi connectivity index (χ3v) is 2.50. The van der Waals surface area contributed by atoms with Crippen molar-refractivity contribution in [1.29, 1.82) is 0 Å². The quantitative estimate of drug-likeness (QED) is 0.517. The Bertz CT molecular complexity index is 446. The molecule has 0 spiro atoms. The fourth-order valence-corrected chi connectivity index (χ4v) is 1.38. The van der Waals surface area contributed by atoms with Crippen molar-refractivity contribution in [3.63, 3.8) is 0 Å². The Hall–Kier alpha value is -1.63. The second-order valence-electron chi connectivity index (χ2n) is 4.35. The number of ether oxygens (including phenoxy) is 2. The van der Waals surface area contributed by atoms with Crippen LogP contribution in [0.4, 0.5) is 17.6 Å². The first-order valence-corrected chi connectivity index (χ1v) is 6.36. The maximum Gasteiger partial charge on any atom is 0.330 e. The van der Waals surface area contributed by atoms with Crippen LogP contribution in [0.3, 0.4) is 0 Å². The molecule has 0 bridgehead atoms. The first kappa shape index (κ1) is 17.4. The average molecular weight is 308 g/mol. The summed E-state index contributed by atoms with van der Waals surface area (Å²) in [5.74, 6) is -4.24. The molecule has 0 radical (unpaired) electrons. The highest BCUT2D eigenvalue weighted by Gasteiger charge is 2.41. The molecular weight excluding hydrogens is 292 g/mol. The Morgan fingerprint density at radius 3 is 2.38 bits per heavy atom. The predicted octanol–water partition coefficient (Wildman–Crippen LogP) is 3.58. The van der Waals surface area contributed by atoms with Gasteiger partial charge in [-0.2, -0.15) is 8.78 Å². The number of hydrogen-bond acceptors (Lipinski definition) is 3. The molecule has 0 N–H and O–H groups in total. The van der Waals surface area contributed by atoms with E-state index in [9.17, 15) is 22.4 Å². The second-order valence-corrected chi connectivity index (χ2v) is 4.35. The van der Waals surface area contributed by atoms with Crippen LogP contribution in [0.5, 0.6) is 5.75 Å². The van der Waals surface area contributed by atoms with Crippen LogP contribution in [0.1, 0.15) is 23.7 Å². The molecule has 1 aromatic rings. The van der Waals surface area contributed by atoms with Gasteiger partial charge in [0.15, 0.2) is 5.78 Å². The minimum Gasteiger partial charge on any atom is -0.494 e. The van der Waals surface area contributed by atoms with E-state index in [1.807, 2.05) is 6.92 Å². The zero-order valence-electron chi connectivity index (χ0n) is 11.5. The van der Waals surface area contributed by atoms with Gasteiger partial charge in [-0.25, -0.2) is 8.78 Å². The first-order chi connectivity index (χ1) is 9.86. The van der Waals surface area contributed by atoms with Gasteiger partial charge in [-0.3, -0.25) is 4.79 Å². The van der Waals surface area contributed by atoms with E-state index in [1.165, 1.54) is 12.1 Å². The molecule has 0 aliphatic rings. The molecule has 0 saturated carbocycles. The fourth-order valence-electron chi connectivity index (χ4n) is 1.38. The smallest absolute Gasteiger partial charge is 0.330 e. The molecule has 3 nitrogen and oxygen atoms in total. The molecule has 0 heterocycles. The van der Waals surface area contributed by atoms with Crippen molar-refractivity contribution in [1.82, 2.24) is 0 Å². The van der Waals surface area contributed by atoms with Crippen LogP contribution in [0.15, 0.2) is 24.3 Å². The lowest BCUT2D eigenvalue weighted by Gasteiger charge is -2.14. The van der Waals surface area contributed by atoms with Gasteiger partial charge in [-0.15, -0.1) is 0 Å². The number of Topliss-reactive ketones (excluding diaryl/α,β-unsaturated/α-hetero) is 1. The van der Waals surface area contributed by atoms with E-state index in [-0.39, 0.29) is 5.56 Å². The van der Waals surface area contributed by atoms with E-state index in [0.717, 1.165) is 6.42 Å². The largest absolute Gasteiger partial charge is 0.494 e. The Labute approximate surface area is 119 Å². The summed E-state index contributed by atoms with van der Waals surface area (Å²) in [5, 5.41) is 0. The number of hydrogen-bond donors (Lipinski definition) is 0. The Morgan fingerprint density at radius 2 is 1.86 bits per heavy atom. The van der Waals surface area contributed by atoms with Crippen LogP contribution < -0.4 is 4.74 Å². The lowest BCUT2D eigenvalue weighted by molar-refractivity contribution is -0.163. The molecule has 118 valence electrons. The number of carbonyl (C=O) groups excluding carboxylic acids is 1. The van der Waals surface area contributed by atoms with Gasteiger partial charge >= 0.3 is 12.3 Å². The normalized spacial score (nSPS) is 11.7. The molecule has 0 aromatic heterocycles. The summed E-state index contributed by atoms with van der Waals surface area (Å²) >= 11 is 0. The summed E-state index contributed by atoms with van der Waals surface area (Å²) < 4.78 is 58.6. The molecular formula is C14H16F4O3. The SMILES string of the molecule is CCCOc1ccc(C(=O)COCC(F)(F)C(F)F)cc1. The third kappa shape index (κ3) is 5.71. The van der Waals surface area contributed by atoms with Crippen LogP contribution in [-0.2, 0) is 4.74 Å². The number of benzene rings is 1. The number of ketones is 1. The van der Waals surface area contributed by atoms with Crippen LogP contribution >= 0.6 is 0 Å². The summed E-state index contributed by atoms with van der Waals surface area (Å²) in [7, 11) is 0. The van der Waals surface area contributed by atoms with Crippen molar-refractivity contribution < 1.29 is 31.8 Å². The molecule has 0 amide bonds. The zero-order chi connectivity index (χ0) is 15.9. The molecule has 0 unspecified atom stereocenters. The van der Waals surface area contributed by atoms with Crippen molar-refractivity contribution in [2.75, 3.05) is 19.8 Å². The summed E-state index contributed by atoms with van der Waals surface area (Å²) in [6.07, 6.45) is -2.98. The maximum absolute atomic E-state index is 12.6. The number of halogens is 4. The van der Waals surface area contributed by atoms with Gasteiger partial charge in [0.1, 0.15) is 19.0 Å². The van der Waals surface area contributed by atoms with E-state index in [2.05, 4.69) is 4.74 Å².